The van der Waals surface area contributed by atoms with Crippen LogP contribution >= 0.6 is 0 Å². The highest BCUT2D eigenvalue weighted by Crippen LogP contribution is 2.39. The molecule has 7 nitrogen and oxygen atoms in total. The van der Waals surface area contributed by atoms with Gasteiger partial charge in [-0.1, -0.05) is 0 Å². The van der Waals surface area contributed by atoms with E-state index >= 15 is 0 Å². The van der Waals surface area contributed by atoms with Crippen molar-refractivity contribution in [1.29, 1.82) is 0 Å². The van der Waals surface area contributed by atoms with E-state index in [-0.39, 0.29) is 29.9 Å². The number of aliphatic hydroxyl groups is 1. The summed E-state index contributed by atoms with van der Waals surface area (Å²) in [5, 5.41) is 13.1. The molecule has 2 unspecified atom stereocenters. The van der Waals surface area contributed by atoms with Crippen molar-refractivity contribution in [1.82, 2.24) is 20.0 Å². The van der Waals surface area contributed by atoms with Gasteiger partial charge in [0.1, 0.15) is 0 Å². The summed E-state index contributed by atoms with van der Waals surface area (Å²) in [6, 6.07) is 0.0249. The molecule has 0 aromatic heterocycles. The Morgan fingerprint density at radius 3 is 2.52 bits per heavy atom. The summed E-state index contributed by atoms with van der Waals surface area (Å²) in [7, 11) is 3.51. The molecule has 0 bridgehead atoms. The molecule has 3 rings (SSSR count). The standard InChI is InChI=1S/C16H28N4O3/c1-18(2)15(23)19-5-3-12(4-6-19)14(22)20-8-13-7-17-9-16(13,10-20)11-21/h12-13,17,21H,3-11H2,1-2H3. The highest BCUT2D eigenvalue weighted by atomic mass is 16.3. The van der Waals surface area contributed by atoms with Gasteiger partial charge in [0.15, 0.2) is 0 Å². The molecule has 7 heteroatoms. The lowest BCUT2D eigenvalue weighted by molar-refractivity contribution is -0.136. The van der Waals surface area contributed by atoms with Gasteiger partial charge >= 0.3 is 6.03 Å². The normalized spacial score (nSPS) is 31.3. The molecule has 3 fully saturated rings. The van der Waals surface area contributed by atoms with Crippen LogP contribution in [0.5, 0.6) is 0 Å². The van der Waals surface area contributed by atoms with Crippen LogP contribution in [0.2, 0.25) is 0 Å². The average Bonchev–Trinajstić information content (AvgIpc) is 3.11. The minimum atomic E-state index is -0.142. The molecular weight excluding hydrogens is 296 g/mol. The van der Waals surface area contributed by atoms with Crippen molar-refractivity contribution in [3.05, 3.63) is 0 Å². The van der Waals surface area contributed by atoms with Crippen molar-refractivity contribution in [2.45, 2.75) is 12.8 Å². The van der Waals surface area contributed by atoms with Crippen LogP contribution < -0.4 is 5.32 Å². The Kier molecular flexibility index (Phi) is 4.51. The first-order chi connectivity index (χ1) is 11.0. The number of carbonyl (C=O) groups excluding carboxylic acids is 2. The number of carbonyl (C=O) groups is 2. The van der Waals surface area contributed by atoms with E-state index in [2.05, 4.69) is 5.32 Å². The number of rotatable bonds is 2. The van der Waals surface area contributed by atoms with Crippen LogP contribution in [0.1, 0.15) is 12.8 Å². The zero-order valence-corrected chi connectivity index (χ0v) is 14.1. The third-order valence-electron chi connectivity index (χ3n) is 5.80. The van der Waals surface area contributed by atoms with Gasteiger partial charge in [0.05, 0.1) is 6.61 Å². The highest BCUT2D eigenvalue weighted by Gasteiger charge is 2.51. The van der Waals surface area contributed by atoms with Crippen molar-refractivity contribution in [3.63, 3.8) is 0 Å². The number of hydrogen-bond acceptors (Lipinski definition) is 4. The van der Waals surface area contributed by atoms with E-state index in [0.717, 1.165) is 32.5 Å². The number of piperidine rings is 1. The Morgan fingerprint density at radius 1 is 1.26 bits per heavy atom. The molecule has 2 atom stereocenters. The summed E-state index contributed by atoms with van der Waals surface area (Å²) < 4.78 is 0. The van der Waals surface area contributed by atoms with Gasteiger partial charge < -0.3 is 25.1 Å². The molecule has 130 valence electrons. The summed E-state index contributed by atoms with van der Waals surface area (Å²) in [6.07, 6.45) is 1.48. The Hall–Kier alpha value is -1.34. The maximum Gasteiger partial charge on any atom is 0.319 e. The molecular formula is C16H28N4O3. The summed E-state index contributed by atoms with van der Waals surface area (Å²) in [5.41, 5.74) is -0.142. The van der Waals surface area contributed by atoms with Gasteiger partial charge in [-0.15, -0.1) is 0 Å². The lowest BCUT2D eigenvalue weighted by Gasteiger charge is -2.35. The molecule has 0 aromatic rings. The molecule has 3 aliphatic heterocycles. The summed E-state index contributed by atoms with van der Waals surface area (Å²) in [6.45, 7) is 4.55. The minimum Gasteiger partial charge on any atom is -0.396 e. The smallest absolute Gasteiger partial charge is 0.319 e. The number of fused-ring (bicyclic) bond motifs is 1. The fourth-order valence-electron chi connectivity index (χ4n) is 4.27. The molecule has 3 heterocycles. The largest absolute Gasteiger partial charge is 0.396 e. The van der Waals surface area contributed by atoms with Gasteiger partial charge in [-0.2, -0.15) is 0 Å². The van der Waals surface area contributed by atoms with E-state index in [4.69, 9.17) is 0 Å². The fraction of sp³-hybridized carbons (Fsp3) is 0.875. The second-order valence-electron chi connectivity index (χ2n) is 7.51. The zero-order valence-electron chi connectivity index (χ0n) is 14.1. The number of hydrogen-bond donors (Lipinski definition) is 2. The van der Waals surface area contributed by atoms with Crippen LogP contribution in [-0.2, 0) is 4.79 Å². The third kappa shape index (κ3) is 2.92. The fourth-order valence-corrected chi connectivity index (χ4v) is 4.27. The molecule has 3 saturated heterocycles. The molecule has 3 aliphatic rings. The first-order valence-electron chi connectivity index (χ1n) is 8.53. The molecule has 0 aromatic carbocycles. The second kappa shape index (κ2) is 6.28. The van der Waals surface area contributed by atoms with Gasteiger partial charge in [-0.05, 0) is 18.8 Å². The Bertz CT molecular complexity index is 476. The van der Waals surface area contributed by atoms with E-state index in [1.165, 1.54) is 0 Å². The number of urea groups is 1. The van der Waals surface area contributed by atoms with Crippen LogP contribution in [0.15, 0.2) is 0 Å². The lowest BCUT2D eigenvalue weighted by Crippen LogP contribution is -2.47. The number of aliphatic hydroxyl groups excluding tert-OH is 1. The SMILES string of the molecule is CN(C)C(=O)N1CCC(C(=O)N2CC3CNCC3(CO)C2)CC1. The number of nitrogens with one attached hydrogen (secondary N) is 1. The van der Waals surface area contributed by atoms with Crippen molar-refractivity contribution < 1.29 is 14.7 Å². The summed E-state index contributed by atoms with van der Waals surface area (Å²) in [5.74, 6) is 0.597. The predicted molar refractivity (Wildman–Crippen MR) is 85.8 cm³/mol. The van der Waals surface area contributed by atoms with E-state index in [9.17, 15) is 14.7 Å². The van der Waals surface area contributed by atoms with Gasteiger partial charge in [0, 0.05) is 64.7 Å². The first-order valence-corrected chi connectivity index (χ1v) is 8.53. The van der Waals surface area contributed by atoms with Crippen molar-refractivity contribution in [2.75, 3.05) is 60.0 Å². The van der Waals surface area contributed by atoms with E-state index in [1.54, 1.807) is 19.0 Å². The first kappa shape index (κ1) is 16.5. The molecule has 2 N–H and O–H groups in total. The Morgan fingerprint density at radius 2 is 1.96 bits per heavy atom. The summed E-state index contributed by atoms with van der Waals surface area (Å²) >= 11 is 0. The van der Waals surface area contributed by atoms with Crippen molar-refractivity contribution in [2.24, 2.45) is 17.3 Å². The van der Waals surface area contributed by atoms with Crippen molar-refractivity contribution in [3.8, 4) is 0 Å². The lowest BCUT2D eigenvalue weighted by atomic mass is 9.82. The number of nitrogens with zero attached hydrogens (tertiary/aromatic N) is 3. The van der Waals surface area contributed by atoms with Gasteiger partial charge in [0.2, 0.25) is 5.91 Å². The van der Waals surface area contributed by atoms with Gasteiger partial charge in [0.25, 0.3) is 0 Å². The van der Waals surface area contributed by atoms with Crippen LogP contribution in [0.25, 0.3) is 0 Å². The molecule has 23 heavy (non-hydrogen) atoms. The molecule has 0 aliphatic carbocycles. The maximum atomic E-state index is 12.8. The van der Waals surface area contributed by atoms with E-state index in [1.807, 2.05) is 9.80 Å². The zero-order chi connectivity index (χ0) is 16.6. The quantitative estimate of drug-likeness (QED) is 0.713. The molecule has 0 saturated carbocycles. The van der Waals surface area contributed by atoms with E-state index in [0.29, 0.717) is 25.6 Å². The van der Waals surface area contributed by atoms with Crippen LogP contribution in [-0.4, -0.2) is 91.7 Å². The Labute approximate surface area is 137 Å². The van der Waals surface area contributed by atoms with Gasteiger partial charge in [-0.25, -0.2) is 4.79 Å². The topological polar surface area (TPSA) is 76.1 Å². The average molecular weight is 324 g/mol. The third-order valence-corrected chi connectivity index (χ3v) is 5.80. The van der Waals surface area contributed by atoms with Gasteiger partial charge in [-0.3, -0.25) is 4.79 Å². The van der Waals surface area contributed by atoms with Crippen LogP contribution in [0.3, 0.4) is 0 Å². The van der Waals surface area contributed by atoms with Crippen LogP contribution in [0.4, 0.5) is 4.79 Å². The van der Waals surface area contributed by atoms with Crippen LogP contribution in [0, 0.1) is 17.3 Å². The monoisotopic (exact) mass is 324 g/mol. The highest BCUT2D eigenvalue weighted by molar-refractivity contribution is 5.80. The minimum absolute atomic E-state index is 0.0174. The van der Waals surface area contributed by atoms with Crippen molar-refractivity contribution >= 4 is 11.9 Å². The molecule has 3 amide bonds. The predicted octanol–water partition coefficient (Wildman–Crippen LogP) is -0.580. The second-order valence-corrected chi connectivity index (χ2v) is 7.51. The summed E-state index contributed by atoms with van der Waals surface area (Å²) in [4.78, 5) is 30.1. The number of likely N-dealkylation sites (tertiary alicyclic amines) is 2. The van der Waals surface area contributed by atoms with E-state index < -0.39 is 0 Å². The molecule has 0 spiro atoms. The maximum absolute atomic E-state index is 12.8. The molecule has 0 radical (unpaired) electrons. The number of amides is 3. The Balaban J connectivity index is 1.56.